The molecule has 98 valence electrons. The molecule has 1 aromatic carbocycles. The Balaban J connectivity index is 2.47. The largest absolute Gasteiger partial charge is 0.384 e. The van der Waals surface area contributed by atoms with E-state index in [2.05, 4.69) is 11.8 Å². The lowest BCUT2D eigenvalue weighted by Gasteiger charge is -2.06. The predicted octanol–water partition coefficient (Wildman–Crippen LogP) is 1.72. The molecule has 0 aliphatic heterocycles. The van der Waals surface area contributed by atoms with Crippen LogP contribution in [0.3, 0.4) is 0 Å². The van der Waals surface area contributed by atoms with E-state index in [1.807, 2.05) is 6.92 Å². The molecule has 18 heavy (non-hydrogen) atoms. The summed E-state index contributed by atoms with van der Waals surface area (Å²) in [6.45, 7) is 3.50. The van der Waals surface area contributed by atoms with Crippen molar-refractivity contribution < 1.29 is 19.0 Å². The van der Waals surface area contributed by atoms with Gasteiger partial charge in [0, 0.05) is 17.7 Å². The maximum absolute atomic E-state index is 13.6. The molecular weight excluding hydrogens is 235 g/mol. The fourth-order valence-corrected chi connectivity index (χ4v) is 1.33. The van der Waals surface area contributed by atoms with Crippen molar-refractivity contribution in [3.05, 3.63) is 35.1 Å². The second-order valence-corrected chi connectivity index (χ2v) is 3.52. The minimum Gasteiger partial charge on any atom is -0.384 e. The summed E-state index contributed by atoms with van der Waals surface area (Å²) >= 11 is 0. The molecule has 0 unspecified atom stereocenters. The third-order valence-electron chi connectivity index (χ3n) is 2.20. The molecule has 1 N–H and O–H groups in total. The van der Waals surface area contributed by atoms with Gasteiger partial charge in [-0.2, -0.15) is 0 Å². The Labute approximate surface area is 107 Å². The van der Waals surface area contributed by atoms with Gasteiger partial charge in [-0.3, -0.25) is 0 Å². The Kier molecular flexibility index (Phi) is 7.04. The maximum atomic E-state index is 13.6. The van der Waals surface area contributed by atoms with Gasteiger partial charge in [-0.15, -0.1) is 0 Å². The van der Waals surface area contributed by atoms with Gasteiger partial charge in [-0.05, 0) is 19.1 Å². The highest BCUT2D eigenvalue weighted by atomic mass is 19.1. The third kappa shape index (κ3) is 5.28. The molecule has 0 aliphatic rings. The van der Waals surface area contributed by atoms with Crippen LogP contribution in [-0.4, -0.2) is 31.5 Å². The summed E-state index contributed by atoms with van der Waals surface area (Å²) in [5.74, 6) is 4.76. The number of benzene rings is 1. The Hall–Kier alpha value is -1.41. The van der Waals surface area contributed by atoms with Gasteiger partial charge >= 0.3 is 0 Å². The van der Waals surface area contributed by atoms with Crippen molar-refractivity contribution >= 4 is 0 Å². The van der Waals surface area contributed by atoms with E-state index in [9.17, 15) is 4.39 Å². The quantitative estimate of drug-likeness (QED) is 0.619. The van der Waals surface area contributed by atoms with Gasteiger partial charge in [0.25, 0.3) is 0 Å². The van der Waals surface area contributed by atoms with E-state index in [0.717, 1.165) is 0 Å². The second-order valence-electron chi connectivity index (χ2n) is 3.52. The molecule has 0 atom stereocenters. The summed E-state index contributed by atoms with van der Waals surface area (Å²) in [6, 6.07) is 4.67. The van der Waals surface area contributed by atoms with Gasteiger partial charge in [0.2, 0.25) is 0 Å². The summed E-state index contributed by atoms with van der Waals surface area (Å²) in [5.41, 5.74) is 1.03. The van der Waals surface area contributed by atoms with E-state index < -0.39 is 0 Å². The SMILES string of the molecule is CCOCCOCc1ccc(C#CCO)cc1F. The molecule has 0 bridgehead atoms. The molecule has 3 nitrogen and oxygen atoms in total. The summed E-state index contributed by atoms with van der Waals surface area (Å²) < 4.78 is 24.0. The molecule has 0 radical (unpaired) electrons. The van der Waals surface area contributed by atoms with Crippen molar-refractivity contribution in [1.29, 1.82) is 0 Å². The van der Waals surface area contributed by atoms with Gasteiger partial charge in [0.05, 0.1) is 19.8 Å². The van der Waals surface area contributed by atoms with Crippen molar-refractivity contribution in [2.24, 2.45) is 0 Å². The molecule has 0 saturated heterocycles. The predicted molar refractivity (Wildman–Crippen MR) is 66.5 cm³/mol. The lowest BCUT2D eigenvalue weighted by atomic mass is 10.1. The van der Waals surface area contributed by atoms with E-state index in [4.69, 9.17) is 14.6 Å². The topological polar surface area (TPSA) is 38.7 Å². The summed E-state index contributed by atoms with van der Waals surface area (Å²) in [6.07, 6.45) is 0. The van der Waals surface area contributed by atoms with Gasteiger partial charge in [-0.1, -0.05) is 17.9 Å². The molecule has 0 amide bonds. The van der Waals surface area contributed by atoms with Crippen LogP contribution in [-0.2, 0) is 16.1 Å². The van der Waals surface area contributed by atoms with E-state index >= 15 is 0 Å². The molecule has 0 spiro atoms. The summed E-state index contributed by atoms with van der Waals surface area (Å²) in [5, 5.41) is 8.54. The lowest BCUT2D eigenvalue weighted by molar-refractivity contribution is 0.0443. The van der Waals surface area contributed by atoms with Crippen molar-refractivity contribution in [3.63, 3.8) is 0 Å². The highest BCUT2D eigenvalue weighted by Crippen LogP contribution is 2.11. The first-order chi connectivity index (χ1) is 8.77. The molecular formula is C14H17FO3. The zero-order valence-corrected chi connectivity index (χ0v) is 10.4. The van der Waals surface area contributed by atoms with E-state index in [0.29, 0.717) is 30.9 Å². The van der Waals surface area contributed by atoms with E-state index in [1.54, 1.807) is 12.1 Å². The number of rotatable bonds is 6. The number of hydrogen-bond donors (Lipinski definition) is 1. The smallest absolute Gasteiger partial charge is 0.129 e. The third-order valence-corrected chi connectivity index (χ3v) is 2.20. The normalized spacial score (nSPS) is 9.94. The molecule has 1 aromatic rings. The Morgan fingerprint density at radius 2 is 2.06 bits per heavy atom. The van der Waals surface area contributed by atoms with Crippen LogP contribution < -0.4 is 0 Å². The van der Waals surface area contributed by atoms with Crippen molar-refractivity contribution in [1.82, 2.24) is 0 Å². The average Bonchev–Trinajstić information content (AvgIpc) is 2.38. The average molecular weight is 252 g/mol. The molecule has 0 fully saturated rings. The summed E-state index contributed by atoms with van der Waals surface area (Å²) in [7, 11) is 0. The molecule has 0 aliphatic carbocycles. The van der Waals surface area contributed by atoms with E-state index in [-0.39, 0.29) is 19.0 Å². The Morgan fingerprint density at radius 3 is 2.72 bits per heavy atom. The first kappa shape index (κ1) is 14.7. The van der Waals surface area contributed by atoms with Crippen LogP contribution in [0.5, 0.6) is 0 Å². The molecule has 1 rings (SSSR count). The highest BCUT2D eigenvalue weighted by molar-refractivity contribution is 5.36. The Bertz CT molecular complexity index is 421. The van der Waals surface area contributed by atoms with Crippen LogP contribution in [0, 0.1) is 17.7 Å². The molecule has 0 heterocycles. The van der Waals surface area contributed by atoms with Crippen molar-refractivity contribution in [2.45, 2.75) is 13.5 Å². The minimum atomic E-state index is -0.351. The number of aliphatic hydroxyl groups is 1. The fourth-order valence-electron chi connectivity index (χ4n) is 1.33. The number of ether oxygens (including phenoxy) is 2. The van der Waals surface area contributed by atoms with Gasteiger partial charge in [0.15, 0.2) is 0 Å². The van der Waals surface area contributed by atoms with Crippen LogP contribution in [0.4, 0.5) is 4.39 Å². The minimum absolute atomic E-state index is 0.215. The van der Waals surface area contributed by atoms with Crippen LogP contribution in [0.2, 0.25) is 0 Å². The molecule has 4 heteroatoms. The zero-order valence-electron chi connectivity index (χ0n) is 10.4. The Morgan fingerprint density at radius 1 is 1.28 bits per heavy atom. The standard InChI is InChI=1S/C14H17FO3/c1-2-17-8-9-18-11-13-6-5-12(4-3-7-16)10-14(13)15/h5-6,10,16H,2,7-9,11H2,1H3. The highest BCUT2D eigenvalue weighted by Gasteiger charge is 2.02. The van der Waals surface area contributed by atoms with Crippen LogP contribution in [0.25, 0.3) is 0 Å². The van der Waals surface area contributed by atoms with Gasteiger partial charge in [0.1, 0.15) is 12.4 Å². The number of aliphatic hydroxyl groups excluding tert-OH is 1. The first-order valence-electron chi connectivity index (χ1n) is 5.81. The van der Waals surface area contributed by atoms with Crippen molar-refractivity contribution in [3.8, 4) is 11.8 Å². The summed E-state index contributed by atoms with van der Waals surface area (Å²) in [4.78, 5) is 0. The van der Waals surface area contributed by atoms with Gasteiger partial charge < -0.3 is 14.6 Å². The van der Waals surface area contributed by atoms with Crippen molar-refractivity contribution in [2.75, 3.05) is 26.4 Å². The maximum Gasteiger partial charge on any atom is 0.129 e. The molecule has 0 aromatic heterocycles. The zero-order chi connectivity index (χ0) is 13.2. The monoisotopic (exact) mass is 252 g/mol. The van der Waals surface area contributed by atoms with Gasteiger partial charge in [-0.25, -0.2) is 4.39 Å². The van der Waals surface area contributed by atoms with E-state index in [1.165, 1.54) is 6.07 Å². The number of halogens is 1. The van der Waals surface area contributed by atoms with Crippen LogP contribution >= 0.6 is 0 Å². The van der Waals surface area contributed by atoms with Crippen LogP contribution in [0.1, 0.15) is 18.1 Å². The fraction of sp³-hybridized carbons (Fsp3) is 0.429. The molecule has 0 saturated carbocycles. The van der Waals surface area contributed by atoms with Crippen LogP contribution in [0.15, 0.2) is 18.2 Å². The first-order valence-corrected chi connectivity index (χ1v) is 5.81. The lowest BCUT2D eigenvalue weighted by Crippen LogP contribution is -2.04. The second kappa shape index (κ2) is 8.65. The number of hydrogen-bond acceptors (Lipinski definition) is 3.